The van der Waals surface area contributed by atoms with Gasteiger partial charge in [0.1, 0.15) is 0 Å². The van der Waals surface area contributed by atoms with Crippen LogP contribution in [-0.4, -0.2) is 11.6 Å². The molecule has 0 spiro atoms. The zero-order chi connectivity index (χ0) is 9.73. The fourth-order valence-electron chi connectivity index (χ4n) is 0.945. The number of ether oxygens (including phenoxy) is 1. The van der Waals surface area contributed by atoms with E-state index in [1.54, 1.807) is 6.20 Å². The molecule has 0 amide bonds. The quantitative estimate of drug-likeness (QED) is 0.711. The van der Waals surface area contributed by atoms with Gasteiger partial charge in [0, 0.05) is 6.20 Å². The van der Waals surface area contributed by atoms with Gasteiger partial charge in [-0.25, -0.2) is 0 Å². The molecule has 1 aromatic rings. The lowest BCUT2D eigenvalue weighted by Crippen LogP contribution is -2.14. The Labute approximate surface area is 80.0 Å². The van der Waals surface area contributed by atoms with Crippen molar-refractivity contribution in [3.8, 4) is 0 Å². The molecule has 0 aliphatic rings. The van der Waals surface area contributed by atoms with Crippen LogP contribution < -0.4 is 0 Å². The van der Waals surface area contributed by atoms with E-state index in [0.29, 0.717) is 6.61 Å². The van der Waals surface area contributed by atoms with E-state index in [1.165, 1.54) is 0 Å². The molecule has 0 radical (unpaired) electrons. The number of aromatic nitrogens is 1. The van der Waals surface area contributed by atoms with Crippen molar-refractivity contribution in [2.24, 2.45) is 5.41 Å². The van der Waals surface area contributed by atoms with Crippen molar-refractivity contribution in [2.75, 3.05) is 6.61 Å². The first-order valence-corrected chi connectivity index (χ1v) is 4.55. The van der Waals surface area contributed by atoms with Gasteiger partial charge in [-0.1, -0.05) is 26.8 Å². The summed E-state index contributed by atoms with van der Waals surface area (Å²) >= 11 is 0. The van der Waals surface area contributed by atoms with Crippen LogP contribution in [0.5, 0.6) is 0 Å². The SMILES string of the molecule is CC(C)(C)COCc1ccccn1. The molecule has 0 atom stereocenters. The first kappa shape index (κ1) is 10.2. The highest BCUT2D eigenvalue weighted by atomic mass is 16.5. The molecule has 0 aliphatic carbocycles. The number of hydrogen-bond donors (Lipinski definition) is 0. The number of hydrogen-bond acceptors (Lipinski definition) is 2. The molecular formula is C11H17NO. The van der Waals surface area contributed by atoms with Gasteiger partial charge in [-0.3, -0.25) is 4.98 Å². The van der Waals surface area contributed by atoms with Gasteiger partial charge in [0.15, 0.2) is 0 Å². The fraction of sp³-hybridized carbons (Fsp3) is 0.545. The van der Waals surface area contributed by atoms with E-state index in [2.05, 4.69) is 25.8 Å². The molecule has 72 valence electrons. The molecule has 0 saturated heterocycles. The molecular weight excluding hydrogens is 162 g/mol. The van der Waals surface area contributed by atoms with Crippen LogP contribution in [0.4, 0.5) is 0 Å². The molecule has 1 aromatic heterocycles. The summed E-state index contributed by atoms with van der Waals surface area (Å²) in [4.78, 5) is 4.17. The molecule has 0 unspecified atom stereocenters. The van der Waals surface area contributed by atoms with E-state index in [-0.39, 0.29) is 5.41 Å². The maximum atomic E-state index is 5.52. The van der Waals surface area contributed by atoms with Crippen LogP contribution in [0.25, 0.3) is 0 Å². The lowest BCUT2D eigenvalue weighted by atomic mass is 9.99. The minimum Gasteiger partial charge on any atom is -0.375 e. The highest BCUT2D eigenvalue weighted by Gasteiger charge is 2.09. The molecule has 1 heterocycles. The monoisotopic (exact) mass is 179 g/mol. The van der Waals surface area contributed by atoms with Crippen molar-refractivity contribution >= 4 is 0 Å². The molecule has 1 rings (SSSR count). The van der Waals surface area contributed by atoms with Crippen molar-refractivity contribution in [1.82, 2.24) is 4.98 Å². The van der Waals surface area contributed by atoms with Gasteiger partial charge in [-0.2, -0.15) is 0 Å². The Morgan fingerprint density at radius 3 is 2.62 bits per heavy atom. The second-order valence-electron chi connectivity index (χ2n) is 4.37. The van der Waals surface area contributed by atoms with Crippen molar-refractivity contribution in [2.45, 2.75) is 27.4 Å². The summed E-state index contributed by atoms with van der Waals surface area (Å²) in [6.07, 6.45) is 1.79. The Bertz CT molecular complexity index is 238. The van der Waals surface area contributed by atoms with Crippen LogP contribution in [0.1, 0.15) is 26.5 Å². The second-order valence-corrected chi connectivity index (χ2v) is 4.37. The second kappa shape index (κ2) is 4.38. The highest BCUT2D eigenvalue weighted by Crippen LogP contribution is 2.13. The third kappa shape index (κ3) is 4.63. The highest BCUT2D eigenvalue weighted by molar-refractivity contribution is 5.01. The molecule has 0 aromatic carbocycles. The van der Waals surface area contributed by atoms with Crippen LogP contribution in [0.3, 0.4) is 0 Å². The summed E-state index contributed by atoms with van der Waals surface area (Å²) in [5, 5.41) is 0. The van der Waals surface area contributed by atoms with Crippen LogP contribution in [0, 0.1) is 5.41 Å². The van der Waals surface area contributed by atoms with Crippen molar-refractivity contribution in [1.29, 1.82) is 0 Å². The summed E-state index contributed by atoms with van der Waals surface area (Å²) in [6.45, 7) is 7.85. The summed E-state index contributed by atoms with van der Waals surface area (Å²) < 4.78 is 5.52. The Hall–Kier alpha value is -0.890. The van der Waals surface area contributed by atoms with E-state index >= 15 is 0 Å². The lowest BCUT2D eigenvalue weighted by molar-refractivity contribution is 0.0581. The summed E-state index contributed by atoms with van der Waals surface area (Å²) in [7, 11) is 0. The van der Waals surface area contributed by atoms with Crippen molar-refractivity contribution in [3.05, 3.63) is 30.1 Å². The Balaban J connectivity index is 2.29. The standard InChI is InChI=1S/C11H17NO/c1-11(2,3)9-13-8-10-6-4-5-7-12-10/h4-7H,8-9H2,1-3H3. The fourth-order valence-corrected chi connectivity index (χ4v) is 0.945. The Morgan fingerprint density at radius 1 is 1.31 bits per heavy atom. The van der Waals surface area contributed by atoms with Gasteiger partial charge in [0.25, 0.3) is 0 Å². The minimum absolute atomic E-state index is 0.231. The number of nitrogens with zero attached hydrogens (tertiary/aromatic N) is 1. The van der Waals surface area contributed by atoms with Crippen LogP contribution >= 0.6 is 0 Å². The molecule has 0 bridgehead atoms. The zero-order valence-electron chi connectivity index (χ0n) is 8.58. The average Bonchev–Trinajstić information content (AvgIpc) is 2.04. The average molecular weight is 179 g/mol. The lowest BCUT2D eigenvalue weighted by Gasteiger charge is -2.17. The van der Waals surface area contributed by atoms with Gasteiger partial charge in [-0.15, -0.1) is 0 Å². The normalized spacial score (nSPS) is 11.6. The van der Waals surface area contributed by atoms with Gasteiger partial charge < -0.3 is 4.74 Å². The summed E-state index contributed by atoms with van der Waals surface area (Å²) in [5.74, 6) is 0. The van der Waals surface area contributed by atoms with Crippen molar-refractivity contribution in [3.63, 3.8) is 0 Å². The molecule has 0 N–H and O–H groups in total. The van der Waals surface area contributed by atoms with Crippen molar-refractivity contribution < 1.29 is 4.74 Å². The molecule has 0 aliphatic heterocycles. The molecule has 2 nitrogen and oxygen atoms in total. The van der Waals surface area contributed by atoms with E-state index in [9.17, 15) is 0 Å². The van der Waals surface area contributed by atoms with Gasteiger partial charge in [-0.05, 0) is 17.5 Å². The smallest absolute Gasteiger partial charge is 0.0888 e. The predicted octanol–water partition coefficient (Wildman–Crippen LogP) is 2.64. The predicted molar refractivity (Wildman–Crippen MR) is 53.3 cm³/mol. The molecule has 0 saturated carbocycles. The Morgan fingerprint density at radius 2 is 2.08 bits per heavy atom. The summed E-state index contributed by atoms with van der Waals surface area (Å²) in [5.41, 5.74) is 1.22. The van der Waals surface area contributed by atoms with E-state index in [1.807, 2.05) is 18.2 Å². The minimum atomic E-state index is 0.231. The van der Waals surface area contributed by atoms with E-state index in [4.69, 9.17) is 4.74 Å². The zero-order valence-corrected chi connectivity index (χ0v) is 8.58. The summed E-state index contributed by atoms with van der Waals surface area (Å²) in [6, 6.07) is 5.86. The third-order valence-electron chi connectivity index (χ3n) is 1.51. The van der Waals surface area contributed by atoms with E-state index in [0.717, 1.165) is 12.3 Å². The van der Waals surface area contributed by atoms with E-state index < -0.39 is 0 Å². The maximum Gasteiger partial charge on any atom is 0.0888 e. The van der Waals surface area contributed by atoms with Gasteiger partial charge >= 0.3 is 0 Å². The maximum absolute atomic E-state index is 5.52. The first-order valence-electron chi connectivity index (χ1n) is 4.55. The molecule has 2 heteroatoms. The van der Waals surface area contributed by atoms with Crippen LogP contribution in [-0.2, 0) is 11.3 Å². The largest absolute Gasteiger partial charge is 0.375 e. The number of rotatable bonds is 3. The van der Waals surface area contributed by atoms with Crippen LogP contribution in [0.2, 0.25) is 0 Å². The topological polar surface area (TPSA) is 22.1 Å². The molecule has 13 heavy (non-hydrogen) atoms. The molecule has 0 fully saturated rings. The third-order valence-corrected chi connectivity index (χ3v) is 1.51. The van der Waals surface area contributed by atoms with Gasteiger partial charge in [0.05, 0.1) is 18.9 Å². The van der Waals surface area contributed by atoms with Gasteiger partial charge in [0.2, 0.25) is 0 Å². The number of pyridine rings is 1. The Kier molecular flexibility index (Phi) is 3.43. The van der Waals surface area contributed by atoms with Crippen LogP contribution in [0.15, 0.2) is 24.4 Å². The first-order chi connectivity index (χ1) is 6.08.